The van der Waals surface area contributed by atoms with Gasteiger partial charge in [0.2, 0.25) is 0 Å². The fourth-order valence-corrected chi connectivity index (χ4v) is 11.0. The highest BCUT2D eigenvalue weighted by Gasteiger charge is 2.26. The van der Waals surface area contributed by atoms with Crippen LogP contribution in [0.1, 0.15) is 124 Å². The zero-order chi connectivity index (χ0) is 70.0. The van der Waals surface area contributed by atoms with Gasteiger partial charge >= 0.3 is 11.9 Å². The quantitative estimate of drug-likeness (QED) is 0.0390. The number of carboxylic acids is 1. The maximum Gasteiger partial charge on any atom is 0.346 e. The Morgan fingerprint density at radius 3 is 1.04 bits per heavy atom. The molecule has 0 amide bonds. The number of para-hydroxylation sites is 1. The molecule has 8 N–H and O–H groups in total. The number of nitrogens with one attached hydrogen (secondary N) is 3. The van der Waals surface area contributed by atoms with Crippen molar-refractivity contribution in [1.29, 1.82) is 5.26 Å². The first kappa shape index (κ1) is 76.8. The number of hydrogen-bond donors (Lipinski definition) is 6. The lowest BCUT2D eigenvalue weighted by atomic mass is 10.0. The molecule has 490 valence electrons. The molecule has 15 nitrogen and oxygen atoms in total. The number of benzene rings is 8. The number of esters is 2. The minimum atomic E-state index is -0.833. The van der Waals surface area contributed by atoms with Crippen LogP contribution in [0.15, 0.2) is 209 Å². The molecular weight excluding hydrogens is 1250 g/mol. The molecule has 4 aliphatic rings. The van der Waals surface area contributed by atoms with Crippen LogP contribution in [0.4, 0.5) is 5.69 Å². The first-order chi connectivity index (χ1) is 46.2. The number of aromatic amines is 3. The third-order valence-corrected chi connectivity index (χ3v) is 14.7. The molecule has 0 fully saturated rings. The van der Waals surface area contributed by atoms with Gasteiger partial charge in [-0.2, -0.15) is 5.26 Å². The van der Waals surface area contributed by atoms with Crippen molar-refractivity contribution >= 4 is 71.8 Å². The number of nitrogens with two attached hydrogens (primary N) is 2. The van der Waals surface area contributed by atoms with Crippen molar-refractivity contribution in [3.8, 4) is 39.8 Å². The van der Waals surface area contributed by atoms with Gasteiger partial charge in [0.25, 0.3) is 22.6 Å². The largest absolute Gasteiger partial charge is 0.481 e. The standard InChI is InChI=1S/3C16H11NO.C9H6O3.C8H6BrN.2C2H7N.C2H3N.C2H4O2.3C2H6/c3*18-16-13-8-4-3-7-12(13)14-9-10-5-1-2-6-11(10)15(14)17-16;10-8-5-6-3-1-2-4-7(6)9(11)12-8;1-10-8-5-3-2-4-7(8)6-9;3*1-2-3;1-2(3)4;3*1-2/h3*1-8H,9H2,(H,17,18);1-4H,5H2;2-5H,6H2;2*2-3H2,1H3;1H3;1H3,(H,3,4);3*1-2H3. The number of aromatic nitrogens is 3. The van der Waals surface area contributed by atoms with E-state index in [9.17, 15) is 24.0 Å². The average molecular weight is 1340 g/mol. The second-order valence-corrected chi connectivity index (χ2v) is 20.7. The molecule has 8 aromatic carbocycles. The number of cyclic esters (lactones) is 2. The van der Waals surface area contributed by atoms with Gasteiger partial charge in [0, 0.05) is 71.3 Å². The number of alkyl halides is 1. The van der Waals surface area contributed by atoms with E-state index >= 15 is 0 Å². The van der Waals surface area contributed by atoms with Gasteiger partial charge < -0.3 is 36.3 Å². The molecule has 16 heteroatoms. The molecule has 95 heavy (non-hydrogen) atoms. The lowest BCUT2D eigenvalue weighted by molar-refractivity contribution is -0.138. The van der Waals surface area contributed by atoms with Gasteiger partial charge in [-0.15, -0.1) is 0 Å². The maximum absolute atomic E-state index is 12.1. The predicted molar refractivity (Wildman–Crippen MR) is 392 cm³/mol. The van der Waals surface area contributed by atoms with Crippen molar-refractivity contribution in [2.45, 2.75) is 100 Å². The van der Waals surface area contributed by atoms with Crippen molar-refractivity contribution in [3.63, 3.8) is 0 Å². The Morgan fingerprint density at radius 1 is 0.495 bits per heavy atom. The fraction of sp³-hybridized carbons (Fsp3) is 0.215. The Bertz CT molecular complexity index is 4290. The van der Waals surface area contributed by atoms with Crippen molar-refractivity contribution in [1.82, 2.24) is 15.0 Å². The Hall–Kier alpha value is -10.6. The average Bonchev–Trinajstić information content (AvgIpc) is 1.65. The van der Waals surface area contributed by atoms with Crippen LogP contribution in [0.25, 0.3) is 70.9 Å². The number of pyridine rings is 3. The van der Waals surface area contributed by atoms with Crippen LogP contribution in [0.5, 0.6) is 0 Å². The van der Waals surface area contributed by atoms with Gasteiger partial charge in [0.15, 0.2) is 5.69 Å². The molecule has 0 bridgehead atoms. The highest BCUT2D eigenvalue weighted by atomic mass is 79.9. The van der Waals surface area contributed by atoms with Gasteiger partial charge in [-0.05, 0) is 98.0 Å². The summed E-state index contributed by atoms with van der Waals surface area (Å²) in [5.74, 6) is -1.85. The van der Waals surface area contributed by atoms with Crippen LogP contribution in [0.3, 0.4) is 0 Å². The summed E-state index contributed by atoms with van der Waals surface area (Å²) in [5, 5.41) is 21.1. The van der Waals surface area contributed by atoms with E-state index in [1.165, 1.54) is 40.3 Å². The van der Waals surface area contributed by atoms with E-state index in [1.54, 1.807) is 30.3 Å². The van der Waals surface area contributed by atoms with E-state index in [-0.39, 0.29) is 23.1 Å². The first-order valence-electron chi connectivity index (χ1n) is 31.6. The van der Waals surface area contributed by atoms with Gasteiger partial charge in [0.1, 0.15) is 0 Å². The smallest absolute Gasteiger partial charge is 0.346 e. The van der Waals surface area contributed by atoms with E-state index in [4.69, 9.17) is 33.2 Å². The summed E-state index contributed by atoms with van der Waals surface area (Å²) in [5.41, 5.74) is 26.8. The fourth-order valence-electron chi connectivity index (χ4n) is 10.5. The van der Waals surface area contributed by atoms with E-state index in [1.807, 2.05) is 189 Å². The molecule has 3 aromatic heterocycles. The molecule has 0 spiro atoms. The Labute approximate surface area is 564 Å². The molecule has 0 saturated carbocycles. The number of nitrogens with zero attached hydrogens (tertiary/aromatic N) is 2. The van der Waals surface area contributed by atoms with Gasteiger partial charge in [-0.25, -0.2) is 9.64 Å². The van der Waals surface area contributed by atoms with Gasteiger partial charge in [0.05, 0.1) is 41.7 Å². The van der Waals surface area contributed by atoms with Crippen LogP contribution in [-0.2, 0) is 45.3 Å². The summed E-state index contributed by atoms with van der Waals surface area (Å²) in [6, 6.07) is 64.6. The van der Waals surface area contributed by atoms with Gasteiger partial charge in [-0.3, -0.25) is 24.0 Å². The Kier molecular flexibility index (Phi) is 32.7. The Morgan fingerprint density at radius 2 is 0.747 bits per heavy atom. The number of fused-ring (bicyclic) bond motifs is 16. The SMILES string of the molecule is CC.CC.CC.CC#N.CC(=O)O.CCN.CCN.O=C1Cc2ccccc2C(=O)O1.O=c1[nH]c2c(c3ccccc13)Cc1ccccc1-2.O=c1[nH]c2c(c3ccccc13)Cc1ccccc1-2.O=c1[nH]c2c(c3ccccc13)Cc1ccccc1-2.[C-]#[N+]c1ccccc1CBr. The monoisotopic (exact) mass is 1340 g/mol. The zero-order valence-corrected chi connectivity index (χ0v) is 57.2. The number of H-pyrrole nitrogens is 3. The lowest BCUT2D eigenvalue weighted by Crippen LogP contribution is -2.22. The summed E-state index contributed by atoms with van der Waals surface area (Å²) in [6.45, 7) is 26.6. The van der Waals surface area contributed by atoms with Crippen LogP contribution >= 0.6 is 15.9 Å². The summed E-state index contributed by atoms with van der Waals surface area (Å²) < 4.78 is 4.43. The third kappa shape index (κ3) is 20.2. The number of nitriles is 1. The van der Waals surface area contributed by atoms with Crippen LogP contribution < -0.4 is 28.1 Å². The molecule has 11 aromatic rings. The number of hydrogen-bond acceptors (Lipinski definition) is 10. The van der Waals surface area contributed by atoms with Crippen molar-refractivity contribution in [3.05, 3.63) is 287 Å². The number of aliphatic carboxylic acids is 1. The number of carboxylic acid groups (broad SMARTS) is 1. The van der Waals surface area contributed by atoms with E-state index in [0.29, 0.717) is 5.56 Å². The Balaban J connectivity index is 0.000000240. The lowest BCUT2D eigenvalue weighted by Gasteiger charge is -2.12. The number of halogens is 1. The highest BCUT2D eigenvalue weighted by molar-refractivity contribution is 9.08. The van der Waals surface area contributed by atoms with Crippen molar-refractivity contribution in [2.75, 3.05) is 13.1 Å². The summed E-state index contributed by atoms with van der Waals surface area (Å²) >= 11 is 3.31. The van der Waals surface area contributed by atoms with Crippen LogP contribution in [0.2, 0.25) is 0 Å². The number of carbonyl (C=O) groups is 3. The minimum Gasteiger partial charge on any atom is -0.481 e. The highest BCUT2D eigenvalue weighted by Crippen LogP contribution is 2.40. The van der Waals surface area contributed by atoms with Crippen LogP contribution in [0, 0.1) is 17.9 Å². The molecule has 1 aliphatic heterocycles. The number of ether oxygens (including phenoxy) is 1. The molecule has 4 heterocycles. The third-order valence-electron chi connectivity index (χ3n) is 14.1. The maximum atomic E-state index is 12.1. The molecule has 0 radical (unpaired) electrons. The molecule has 0 atom stereocenters. The summed E-state index contributed by atoms with van der Waals surface area (Å²) in [6.07, 6.45) is 2.91. The van der Waals surface area contributed by atoms with Crippen molar-refractivity contribution < 1.29 is 24.2 Å². The van der Waals surface area contributed by atoms with Gasteiger partial charge in [-0.1, -0.05) is 241 Å². The predicted octanol–water partition coefficient (Wildman–Crippen LogP) is 17.0. The number of rotatable bonds is 1. The normalized spacial score (nSPS) is 10.9. The zero-order valence-electron chi connectivity index (χ0n) is 55.7. The van der Waals surface area contributed by atoms with E-state index in [0.717, 1.165) is 128 Å². The second kappa shape index (κ2) is 40.4. The summed E-state index contributed by atoms with van der Waals surface area (Å²) in [7, 11) is 0. The van der Waals surface area contributed by atoms with Crippen LogP contribution in [-0.4, -0.2) is 51.1 Å². The topological polar surface area (TPSA) is 259 Å². The molecule has 3 aliphatic carbocycles. The van der Waals surface area contributed by atoms with Crippen molar-refractivity contribution in [2.24, 2.45) is 11.5 Å². The molecule has 0 unspecified atom stereocenters. The molecule has 0 saturated heterocycles. The first-order valence-corrected chi connectivity index (χ1v) is 32.7. The molecule has 15 rings (SSSR count). The molecular formula is C79H84BrN7O8. The summed E-state index contributed by atoms with van der Waals surface area (Å²) in [4.78, 5) is 79.6. The van der Waals surface area contributed by atoms with E-state index < -0.39 is 17.9 Å². The second-order valence-electron chi connectivity index (χ2n) is 20.1. The van der Waals surface area contributed by atoms with E-state index in [2.05, 4.69) is 76.9 Å². The minimum absolute atomic E-state index is 0.000975. The number of carbonyl (C=O) groups excluding carboxylic acids is 2.